The molecule has 11 heteroatoms. The van der Waals surface area contributed by atoms with E-state index in [1.807, 2.05) is 48.7 Å². The van der Waals surface area contributed by atoms with Gasteiger partial charge in [0.2, 0.25) is 0 Å². The second-order valence-corrected chi connectivity index (χ2v) is 9.36. The Kier molecular flexibility index (Phi) is 6.61. The summed E-state index contributed by atoms with van der Waals surface area (Å²) in [5, 5.41) is 10.8. The molecule has 5 nitrogen and oxygen atoms in total. The van der Waals surface area contributed by atoms with Gasteiger partial charge in [0, 0.05) is 38.6 Å². The molecule has 1 saturated carbocycles. The Bertz CT molecular complexity index is 857. The number of non-ortho nitro benzene ring substituents is 1. The molecule has 2 aromatic rings. The van der Waals surface area contributed by atoms with E-state index in [0.29, 0.717) is 0 Å². The van der Waals surface area contributed by atoms with Gasteiger partial charge in [0.05, 0.1) is 4.92 Å². The lowest BCUT2D eigenvalue weighted by Gasteiger charge is -2.18. The van der Waals surface area contributed by atoms with Gasteiger partial charge >= 0.3 is 7.25 Å². The quantitative estimate of drug-likeness (QED) is 0.231. The van der Waals surface area contributed by atoms with Crippen LogP contribution in [0.2, 0.25) is 0 Å². The molecule has 0 spiro atoms. The molecule has 28 heavy (non-hydrogen) atoms. The molecule has 1 unspecified atom stereocenters. The Morgan fingerprint density at radius 2 is 1.54 bits per heavy atom. The van der Waals surface area contributed by atoms with Gasteiger partial charge in [-0.05, 0) is 17.7 Å². The highest BCUT2D eigenvalue weighted by Crippen LogP contribution is 2.52. The third-order valence-electron chi connectivity index (χ3n) is 4.30. The van der Waals surface area contributed by atoms with E-state index < -0.39 is 22.3 Å². The van der Waals surface area contributed by atoms with Crippen molar-refractivity contribution in [3.8, 4) is 0 Å². The molecule has 3 atom stereocenters. The molecule has 0 heterocycles. The van der Waals surface area contributed by atoms with Gasteiger partial charge in [0.1, 0.15) is 0 Å². The van der Waals surface area contributed by atoms with Crippen molar-refractivity contribution in [3.63, 3.8) is 0 Å². The van der Waals surface area contributed by atoms with Gasteiger partial charge in [-0.3, -0.25) is 10.1 Å². The van der Waals surface area contributed by atoms with E-state index in [1.54, 1.807) is 12.1 Å². The summed E-state index contributed by atoms with van der Waals surface area (Å²) in [5.41, 5.74) is 1.11. The van der Waals surface area contributed by atoms with E-state index in [2.05, 4.69) is 0 Å². The van der Waals surface area contributed by atoms with Gasteiger partial charge in [0.25, 0.3) is 5.69 Å². The number of hydrogen-bond acceptors (Lipinski definition) is 3. The summed E-state index contributed by atoms with van der Waals surface area (Å²) in [6.45, 7) is 0. The van der Waals surface area contributed by atoms with E-state index in [0.717, 1.165) is 16.9 Å². The van der Waals surface area contributed by atoms with Crippen LogP contribution in [-0.2, 0) is 14.3 Å². The minimum atomic E-state index is -6.00. The normalized spacial score (nSPS) is 20.7. The number of nitro benzene ring substituents is 1. The first-order valence-electron chi connectivity index (χ1n) is 8.32. The number of benzene rings is 2. The summed E-state index contributed by atoms with van der Waals surface area (Å²) in [5.74, 6) is 0.186. The van der Waals surface area contributed by atoms with Crippen molar-refractivity contribution in [2.45, 2.75) is 22.5 Å². The summed E-state index contributed by atoms with van der Waals surface area (Å²) < 4.78 is 54.4. The fraction of sp³-hybridized carbons (Fsp3) is 0.294. The van der Waals surface area contributed by atoms with Crippen molar-refractivity contribution < 1.29 is 26.4 Å². The maximum absolute atomic E-state index is 13.6. The molecule has 1 fully saturated rings. The number of nitrogens with zero attached hydrogens (tertiary/aromatic N) is 2. The molecule has 0 radical (unpaired) electrons. The van der Waals surface area contributed by atoms with Crippen LogP contribution < -0.4 is 0 Å². The highest BCUT2D eigenvalue weighted by Gasteiger charge is 2.59. The van der Waals surface area contributed by atoms with Gasteiger partial charge in [0.15, 0.2) is 20.3 Å². The highest BCUT2D eigenvalue weighted by atomic mass is 32.3. The topological polar surface area (TPSA) is 63.5 Å². The summed E-state index contributed by atoms with van der Waals surface area (Å²) in [6, 6.07) is 16.1. The van der Waals surface area contributed by atoms with E-state index in [1.165, 1.54) is 12.1 Å². The molecule has 0 saturated heterocycles. The Labute approximate surface area is 161 Å². The molecule has 1 aliphatic carbocycles. The van der Waals surface area contributed by atoms with Gasteiger partial charge in [-0.25, -0.2) is 0 Å². The second kappa shape index (κ2) is 8.40. The zero-order valence-corrected chi connectivity index (χ0v) is 16.0. The van der Waals surface area contributed by atoms with Crippen molar-refractivity contribution in [3.05, 3.63) is 70.3 Å². The predicted octanol–water partition coefficient (Wildman–Crippen LogP) is 4.79. The maximum atomic E-state index is 13.6. The molecule has 0 N–H and O–H groups in total. The first-order valence-corrected chi connectivity index (χ1v) is 9.89. The summed E-state index contributed by atoms with van der Waals surface area (Å²) in [7, 11) is -4.62. The number of nitro groups is 1. The minimum absolute atomic E-state index is 0.0429. The third-order valence-corrected chi connectivity index (χ3v) is 7.67. The third kappa shape index (κ3) is 5.38. The largest absolute Gasteiger partial charge is 0.673 e. The van der Waals surface area contributed by atoms with Crippen LogP contribution in [0.25, 0.3) is 0 Å². The molecule has 0 bridgehead atoms. The Balaban J connectivity index is 0.000000500. The Morgan fingerprint density at radius 3 is 1.96 bits per heavy atom. The standard InChI is InChI=1S/C17H19N2O3S.BF4/c1-18(2)23(22,15-6-4-3-5-7-15)17-12-16(17)13-8-10-14(11-9-13)19(20)21;2-1(3,4)5/h3-11,16-17H,12H2,1-2H3;/q+1;-1/t16-,17+,23?;/m1./s1. The first-order chi connectivity index (χ1) is 12.9. The van der Waals surface area contributed by atoms with Crippen LogP contribution in [0.4, 0.5) is 23.0 Å². The molecule has 0 amide bonds. The fourth-order valence-corrected chi connectivity index (χ4v) is 5.92. The van der Waals surface area contributed by atoms with Crippen molar-refractivity contribution in [1.29, 1.82) is 0 Å². The number of halogens is 4. The summed E-state index contributed by atoms with van der Waals surface area (Å²) >= 11 is 0. The lowest BCUT2D eigenvalue weighted by atomic mass is 10.1. The van der Waals surface area contributed by atoms with Crippen molar-refractivity contribution in [1.82, 2.24) is 4.31 Å². The predicted molar refractivity (Wildman–Crippen MR) is 101 cm³/mol. The zero-order chi connectivity index (χ0) is 21.1. The Hall–Kier alpha value is -2.27. The zero-order valence-electron chi connectivity index (χ0n) is 15.2. The Morgan fingerprint density at radius 1 is 1.04 bits per heavy atom. The highest BCUT2D eigenvalue weighted by molar-refractivity contribution is 8.01. The second-order valence-electron chi connectivity index (χ2n) is 6.42. The van der Waals surface area contributed by atoms with Crippen molar-refractivity contribution in [2.24, 2.45) is 0 Å². The number of rotatable bonds is 5. The van der Waals surface area contributed by atoms with Gasteiger partial charge in [-0.2, -0.15) is 0 Å². The van der Waals surface area contributed by atoms with Crippen molar-refractivity contribution >= 4 is 23.1 Å². The van der Waals surface area contributed by atoms with Gasteiger partial charge in [-0.1, -0.05) is 34.5 Å². The molecular formula is C17H19BF4N2O3S. The van der Waals surface area contributed by atoms with E-state index in [-0.39, 0.29) is 16.9 Å². The van der Waals surface area contributed by atoms with Crippen LogP contribution >= 0.6 is 0 Å². The summed E-state index contributed by atoms with van der Waals surface area (Å²) in [4.78, 5) is 11.2. The fourth-order valence-electron chi connectivity index (χ4n) is 2.99. The molecule has 0 aliphatic heterocycles. The number of hydrogen-bond donors (Lipinski definition) is 0. The first kappa shape index (κ1) is 22.0. The molecular weight excluding hydrogens is 399 g/mol. The average molecular weight is 418 g/mol. The summed E-state index contributed by atoms with van der Waals surface area (Å²) in [6.07, 6.45) is 0.837. The molecule has 3 rings (SSSR count). The van der Waals surface area contributed by atoms with Crippen LogP contribution in [-0.4, -0.2) is 35.8 Å². The minimum Gasteiger partial charge on any atom is -0.418 e. The van der Waals surface area contributed by atoms with E-state index in [9.17, 15) is 31.6 Å². The van der Waals surface area contributed by atoms with Crippen LogP contribution in [0.5, 0.6) is 0 Å². The average Bonchev–Trinajstić information content (AvgIpc) is 3.41. The monoisotopic (exact) mass is 418 g/mol. The molecule has 1 aliphatic rings. The van der Waals surface area contributed by atoms with Crippen LogP contribution in [0, 0.1) is 10.1 Å². The van der Waals surface area contributed by atoms with E-state index >= 15 is 0 Å². The van der Waals surface area contributed by atoms with Crippen LogP contribution in [0.3, 0.4) is 0 Å². The van der Waals surface area contributed by atoms with Gasteiger partial charge < -0.3 is 17.3 Å². The van der Waals surface area contributed by atoms with Crippen LogP contribution in [0.15, 0.2) is 59.5 Å². The van der Waals surface area contributed by atoms with Crippen molar-refractivity contribution in [2.75, 3.05) is 14.1 Å². The maximum Gasteiger partial charge on any atom is 0.673 e. The van der Waals surface area contributed by atoms with Gasteiger partial charge in [-0.15, -0.1) is 4.31 Å². The lowest BCUT2D eigenvalue weighted by molar-refractivity contribution is -0.384. The van der Waals surface area contributed by atoms with E-state index in [4.69, 9.17) is 0 Å². The van der Waals surface area contributed by atoms with Crippen LogP contribution in [0.1, 0.15) is 17.9 Å². The lowest BCUT2D eigenvalue weighted by Crippen LogP contribution is -2.34. The smallest absolute Gasteiger partial charge is 0.418 e. The molecule has 0 aromatic heterocycles. The SMILES string of the molecule is CN(C)[S+](=O)(c1ccccc1)[C@H]1C[C@@H]1c1ccc([N+](=O)[O-])cc1.F[B-](F)(F)F. The molecule has 2 aromatic carbocycles. The molecule has 152 valence electrons.